The molecule has 9 aromatic carbocycles. The van der Waals surface area contributed by atoms with E-state index in [2.05, 4.69) is 16.7 Å². The number of fused-ring (bicyclic) bond motifs is 7. The lowest BCUT2D eigenvalue weighted by Crippen LogP contribution is -2.10. The van der Waals surface area contributed by atoms with Crippen LogP contribution in [0.4, 0.5) is 17.1 Å². The minimum Gasteiger partial charge on any atom is -0.455 e. The van der Waals surface area contributed by atoms with Crippen LogP contribution in [0.25, 0.3) is 82.5 Å². The van der Waals surface area contributed by atoms with Crippen LogP contribution in [-0.2, 0) is 0 Å². The van der Waals surface area contributed by atoms with Gasteiger partial charge in [0.15, 0.2) is 0 Å². The Morgan fingerprint density at radius 2 is 1.07 bits per heavy atom. The molecule has 11 rings (SSSR count). The van der Waals surface area contributed by atoms with E-state index in [0.29, 0.717) is 33.1 Å². The largest absolute Gasteiger partial charge is 0.455 e. The molecule has 0 saturated heterocycles. The molecule has 0 saturated carbocycles. The van der Waals surface area contributed by atoms with E-state index >= 15 is 0 Å². The normalized spacial score (nSPS) is 15.7. The van der Waals surface area contributed by atoms with Crippen LogP contribution in [0.15, 0.2) is 210 Å². The number of hydrogen-bond acceptors (Lipinski definition) is 2. The van der Waals surface area contributed by atoms with Gasteiger partial charge in [0.05, 0.1) is 33.0 Å². The summed E-state index contributed by atoms with van der Waals surface area (Å²) >= 11 is 0. The molecule has 11 aromatic rings. The van der Waals surface area contributed by atoms with Crippen molar-refractivity contribution in [2.45, 2.75) is 0 Å². The monoisotopic (exact) mass is 718 g/mol. The van der Waals surface area contributed by atoms with Gasteiger partial charge in [-0.3, -0.25) is 0 Å². The average molecular weight is 719 g/mol. The second kappa shape index (κ2) is 12.6. The Morgan fingerprint density at radius 1 is 0.436 bits per heavy atom. The van der Waals surface area contributed by atoms with Gasteiger partial charge < -0.3 is 13.9 Å². The summed E-state index contributed by atoms with van der Waals surface area (Å²) in [5.74, 6) is 0. The maximum Gasteiger partial charge on any atom is 0.143 e. The Morgan fingerprint density at radius 3 is 1.84 bits per heavy atom. The molecule has 3 nitrogen and oxygen atoms in total. The number of hydrogen-bond donors (Lipinski definition) is 0. The Labute approximate surface area is 341 Å². The molecule has 0 bridgehead atoms. The van der Waals surface area contributed by atoms with Gasteiger partial charge in [0, 0.05) is 49.9 Å². The molecule has 0 fully saturated rings. The number of anilines is 3. The van der Waals surface area contributed by atoms with Crippen LogP contribution in [0.5, 0.6) is 0 Å². The number of furan rings is 1. The molecular formula is C52H34N2O. The first-order chi connectivity index (χ1) is 33.9. The summed E-state index contributed by atoms with van der Waals surface area (Å²) < 4.78 is 152. The zero-order valence-electron chi connectivity index (χ0n) is 44.7. The topological polar surface area (TPSA) is 21.3 Å². The fourth-order valence-electron chi connectivity index (χ4n) is 7.41. The van der Waals surface area contributed by atoms with E-state index in [1.807, 2.05) is 66.7 Å². The highest BCUT2D eigenvalue weighted by atomic mass is 16.3. The summed E-state index contributed by atoms with van der Waals surface area (Å²) in [4.78, 5) is 1.08. The number of para-hydroxylation sites is 4. The summed E-state index contributed by atoms with van der Waals surface area (Å²) in [5, 5.41) is 2.38. The zero-order valence-corrected chi connectivity index (χ0v) is 28.7. The van der Waals surface area contributed by atoms with Crippen LogP contribution >= 0.6 is 0 Å². The zero-order chi connectivity index (χ0) is 50.2. The molecule has 2 heterocycles. The molecule has 0 aliphatic carbocycles. The van der Waals surface area contributed by atoms with Gasteiger partial charge in [-0.2, -0.15) is 0 Å². The molecule has 0 aliphatic heterocycles. The Hall–Kier alpha value is -7.36. The van der Waals surface area contributed by atoms with Crippen molar-refractivity contribution in [3.05, 3.63) is 206 Å². The summed E-state index contributed by atoms with van der Waals surface area (Å²) in [7, 11) is 0. The second-order valence-electron chi connectivity index (χ2n) is 12.9. The Kier molecular flexibility index (Phi) is 4.39. The maximum atomic E-state index is 9.68. The SMILES string of the molecule is [2H]c1c([2H])c([2H])c(N(c2cc(-c3ccc(-n4c5ccccc5c5ccccc54)cc3)c3oc4ccccc4c3c2)c2c([2H])c([2H])c(-c3c([2H])c([2H])c([2H])c4c([2H])c([2H])c([2H])c([2H])c34)c([2H])c2[2H])c([2H])c1[2H]. The summed E-state index contributed by atoms with van der Waals surface area (Å²) in [6.07, 6.45) is 0. The predicted octanol–water partition coefficient (Wildman–Crippen LogP) is 14.6. The molecule has 3 heteroatoms. The second-order valence-corrected chi connectivity index (χ2v) is 12.9. The lowest BCUT2D eigenvalue weighted by atomic mass is 9.97. The minimum atomic E-state index is -0.839. The van der Waals surface area contributed by atoms with Crippen molar-refractivity contribution in [2.24, 2.45) is 0 Å². The fourth-order valence-corrected chi connectivity index (χ4v) is 7.41. The van der Waals surface area contributed by atoms with Crippen molar-refractivity contribution in [3.8, 4) is 27.9 Å². The number of nitrogens with zero attached hydrogens (tertiary/aromatic N) is 2. The van der Waals surface area contributed by atoms with E-state index in [1.54, 1.807) is 30.3 Å². The molecule has 55 heavy (non-hydrogen) atoms. The first-order valence-electron chi connectivity index (χ1n) is 25.5. The number of rotatable bonds is 6. The molecule has 0 aliphatic rings. The molecule has 0 spiro atoms. The van der Waals surface area contributed by atoms with Crippen molar-refractivity contribution in [3.63, 3.8) is 0 Å². The molecule has 0 radical (unpaired) electrons. The third-order valence-electron chi connectivity index (χ3n) is 9.85. The molecule has 0 unspecified atom stereocenters. The van der Waals surface area contributed by atoms with Gasteiger partial charge in [-0.05, 0) is 94.1 Å². The average Bonchev–Trinajstić information content (AvgIpc) is 3.93. The summed E-state index contributed by atoms with van der Waals surface area (Å²) in [6.45, 7) is 0. The highest BCUT2D eigenvalue weighted by Gasteiger charge is 2.20. The van der Waals surface area contributed by atoms with Crippen molar-refractivity contribution < 1.29 is 26.3 Å². The molecule has 0 amide bonds. The minimum absolute atomic E-state index is 0.0466. The quantitative estimate of drug-likeness (QED) is 0.171. The first kappa shape index (κ1) is 19.1. The van der Waals surface area contributed by atoms with Gasteiger partial charge in [-0.15, -0.1) is 0 Å². The fraction of sp³-hybridized carbons (Fsp3) is 0. The van der Waals surface area contributed by atoms with Crippen LogP contribution in [0.2, 0.25) is 0 Å². The van der Waals surface area contributed by atoms with Crippen LogP contribution < -0.4 is 4.90 Å². The molecule has 2 aromatic heterocycles. The summed E-state index contributed by atoms with van der Waals surface area (Å²) in [5.41, 5.74) is 2.65. The van der Waals surface area contributed by atoms with Gasteiger partial charge in [-0.25, -0.2) is 0 Å². The Bertz CT molecular complexity index is 4030. The van der Waals surface area contributed by atoms with Crippen LogP contribution in [0, 0.1) is 0 Å². The Balaban J connectivity index is 1.21. The van der Waals surface area contributed by atoms with E-state index in [1.165, 1.54) is 0 Å². The van der Waals surface area contributed by atoms with Crippen molar-refractivity contribution in [1.29, 1.82) is 0 Å². The van der Waals surface area contributed by atoms with Crippen LogP contribution in [0.1, 0.15) is 21.9 Å². The highest BCUT2D eigenvalue weighted by Crippen LogP contribution is 2.44. The van der Waals surface area contributed by atoms with Crippen LogP contribution in [0.3, 0.4) is 0 Å². The third kappa shape index (κ3) is 5.13. The smallest absolute Gasteiger partial charge is 0.143 e. The van der Waals surface area contributed by atoms with Gasteiger partial charge in [0.2, 0.25) is 0 Å². The highest BCUT2D eigenvalue weighted by molar-refractivity contribution is 6.12. The number of benzene rings is 9. The van der Waals surface area contributed by atoms with E-state index in [-0.39, 0.29) is 5.69 Å². The maximum absolute atomic E-state index is 9.68. The van der Waals surface area contributed by atoms with Crippen LogP contribution in [-0.4, -0.2) is 4.57 Å². The molecule has 258 valence electrons. The molecular weight excluding hydrogens is 669 g/mol. The number of aromatic nitrogens is 1. The standard InChI is InChI=1S/C52H34N2O/c1-2-15-38(16-3-1)53(39-29-25-36(26-30-39)43-21-12-14-35-13-4-5-17-42(35)43)41-33-47(52-48(34-41)46-20-8-11-24-51(46)55-52)37-27-31-40(32-28-37)54-49-22-9-6-18-44(49)45-19-7-10-23-50(45)54/h1-34H/i1D,2D,3D,4D,5D,12D,13D,14D,15D,16D,17D,21D,25D,26D,29D,30D. The van der Waals surface area contributed by atoms with E-state index in [4.69, 9.17) is 18.1 Å². The lowest BCUT2D eigenvalue weighted by molar-refractivity contribution is 0.670. The van der Waals surface area contributed by atoms with Gasteiger partial charge in [-0.1, -0.05) is 139 Å². The van der Waals surface area contributed by atoms with E-state index in [9.17, 15) is 8.22 Å². The van der Waals surface area contributed by atoms with Gasteiger partial charge in [0.25, 0.3) is 0 Å². The molecule has 0 atom stereocenters. The van der Waals surface area contributed by atoms with Gasteiger partial charge >= 0.3 is 0 Å². The third-order valence-corrected chi connectivity index (χ3v) is 9.85. The van der Waals surface area contributed by atoms with Gasteiger partial charge in [0.1, 0.15) is 11.2 Å². The van der Waals surface area contributed by atoms with E-state index < -0.39 is 130 Å². The van der Waals surface area contributed by atoms with Crippen molar-refractivity contribution >= 4 is 71.6 Å². The van der Waals surface area contributed by atoms with Crippen molar-refractivity contribution in [2.75, 3.05) is 4.90 Å². The van der Waals surface area contributed by atoms with Crippen molar-refractivity contribution in [1.82, 2.24) is 4.57 Å². The summed E-state index contributed by atoms with van der Waals surface area (Å²) in [6, 6.07) is 22.1. The predicted molar refractivity (Wildman–Crippen MR) is 231 cm³/mol. The van der Waals surface area contributed by atoms with E-state index in [0.717, 1.165) is 32.4 Å². The lowest BCUT2D eigenvalue weighted by Gasteiger charge is -2.26. The molecule has 0 N–H and O–H groups in total. The first-order valence-corrected chi connectivity index (χ1v) is 17.5.